The minimum Gasteiger partial charge on any atom is -0.478 e. The number of hydrogen-bond donors (Lipinski definition) is 2. The number of hydrogen-bond acceptors (Lipinski definition) is 5. The average molecular weight is 498 g/mol. The lowest BCUT2D eigenvalue weighted by molar-refractivity contribution is -0.141. The molecule has 0 bridgehead atoms. The molecule has 2 amide bonds. The third-order valence-electron chi connectivity index (χ3n) is 4.58. The van der Waals surface area contributed by atoms with Crippen molar-refractivity contribution in [1.82, 2.24) is 9.88 Å². The second-order valence-electron chi connectivity index (χ2n) is 6.58. The van der Waals surface area contributed by atoms with Crippen LogP contribution in [-0.4, -0.2) is 53.2 Å². The number of carbonyl (C=O) groups excluding carboxylic acids is 1. The van der Waals surface area contributed by atoms with Gasteiger partial charge in [-0.25, -0.2) is 14.6 Å². The summed E-state index contributed by atoms with van der Waals surface area (Å²) in [5, 5.41) is 21.1. The molecule has 8 nitrogen and oxygen atoms in total. The Hall–Kier alpha value is -3.33. The lowest BCUT2D eigenvalue weighted by atomic mass is 10.1. The number of amides is 2. The molecule has 1 aromatic heterocycles. The Morgan fingerprint density at radius 2 is 1.77 bits per heavy atom. The van der Waals surface area contributed by atoms with Crippen LogP contribution in [0, 0.1) is 11.3 Å². The standard InChI is InChI=1S/C19H15BrF3N5O3/c20-12-1-3-13(4-2-12)25-18(31)28-7-5-27(6-8-28)16-11(10-24)9-14(17(29)30)15(26-16)19(21,22)23/h1-4,9H,5-8H2,(H,25,31)(H,29,30). The van der Waals surface area contributed by atoms with Crippen LogP contribution in [0.2, 0.25) is 0 Å². The molecule has 1 fully saturated rings. The fourth-order valence-electron chi connectivity index (χ4n) is 3.06. The second-order valence-corrected chi connectivity index (χ2v) is 7.50. The highest BCUT2D eigenvalue weighted by atomic mass is 79.9. The number of urea groups is 1. The van der Waals surface area contributed by atoms with Crippen LogP contribution in [0.1, 0.15) is 21.6 Å². The normalized spacial score (nSPS) is 14.2. The molecule has 2 N–H and O–H groups in total. The van der Waals surface area contributed by atoms with Crippen LogP contribution in [0.4, 0.5) is 29.5 Å². The summed E-state index contributed by atoms with van der Waals surface area (Å²) in [6, 6.07) is 8.97. The van der Waals surface area contributed by atoms with Gasteiger partial charge in [0.05, 0.1) is 11.1 Å². The Balaban J connectivity index is 1.77. The van der Waals surface area contributed by atoms with Crippen molar-refractivity contribution in [1.29, 1.82) is 5.26 Å². The topological polar surface area (TPSA) is 110 Å². The molecule has 0 radical (unpaired) electrons. The number of carbonyl (C=O) groups is 2. The molecule has 162 valence electrons. The molecular weight excluding hydrogens is 483 g/mol. The van der Waals surface area contributed by atoms with Gasteiger partial charge >= 0.3 is 18.2 Å². The van der Waals surface area contributed by atoms with E-state index in [1.165, 1.54) is 9.80 Å². The van der Waals surface area contributed by atoms with E-state index < -0.39 is 23.4 Å². The van der Waals surface area contributed by atoms with Crippen molar-refractivity contribution >= 4 is 39.4 Å². The quantitative estimate of drug-likeness (QED) is 0.667. The molecule has 3 rings (SSSR count). The number of carboxylic acids is 1. The highest BCUT2D eigenvalue weighted by Gasteiger charge is 2.39. The van der Waals surface area contributed by atoms with Crippen molar-refractivity contribution < 1.29 is 27.9 Å². The van der Waals surface area contributed by atoms with E-state index in [0.717, 1.165) is 4.47 Å². The summed E-state index contributed by atoms with van der Waals surface area (Å²) in [6.45, 7) is 0.603. The maximum Gasteiger partial charge on any atom is 0.434 e. The first-order valence-electron chi connectivity index (χ1n) is 8.92. The summed E-state index contributed by atoms with van der Waals surface area (Å²) < 4.78 is 40.8. The number of rotatable bonds is 3. The molecule has 0 aliphatic carbocycles. The van der Waals surface area contributed by atoms with Crippen LogP contribution < -0.4 is 10.2 Å². The maximum atomic E-state index is 13.3. The summed E-state index contributed by atoms with van der Waals surface area (Å²) in [7, 11) is 0. The van der Waals surface area contributed by atoms with Gasteiger partial charge in [-0.15, -0.1) is 0 Å². The fraction of sp³-hybridized carbons (Fsp3) is 0.263. The van der Waals surface area contributed by atoms with Crippen LogP contribution in [0.3, 0.4) is 0 Å². The van der Waals surface area contributed by atoms with E-state index in [1.54, 1.807) is 30.3 Å². The van der Waals surface area contributed by atoms with E-state index in [-0.39, 0.29) is 43.6 Å². The lowest BCUT2D eigenvalue weighted by Crippen LogP contribution is -2.50. The zero-order valence-electron chi connectivity index (χ0n) is 15.8. The Kier molecular flexibility index (Phi) is 6.35. The van der Waals surface area contributed by atoms with Gasteiger partial charge in [0.1, 0.15) is 11.9 Å². The van der Waals surface area contributed by atoms with Crippen molar-refractivity contribution in [3.63, 3.8) is 0 Å². The molecule has 0 atom stereocenters. The van der Waals surface area contributed by atoms with Gasteiger partial charge in [-0.3, -0.25) is 0 Å². The molecule has 2 heterocycles. The number of halogens is 4. The Morgan fingerprint density at radius 3 is 2.29 bits per heavy atom. The van der Waals surface area contributed by atoms with E-state index in [0.29, 0.717) is 11.8 Å². The second kappa shape index (κ2) is 8.81. The number of nitrogens with one attached hydrogen (secondary N) is 1. The molecule has 12 heteroatoms. The zero-order valence-corrected chi connectivity index (χ0v) is 17.4. The number of aromatic nitrogens is 1. The number of piperazine rings is 1. The van der Waals surface area contributed by atoms with Crippen molar-refractivity contribution in [2.24, 2.45) is 0 Å². The van der Waals surface area contributed by atoms with E-state index in [2.05, 4.69) is 26.2 Å². The molecule has 1 aliphatic heterocycles. The van der Waals surface area contributed by atoms with Crippen LogP contribution >= 0.6 is 15.9 Å². The molecule has 1 aliphatic rings. The smallest absolute Gasteiger partial charge is 0.434 e. The van der Waals surface area contributed by atoms with Gasteiger partial charge in [-0.1, -0.05) is 15.9 Å². The monoisotopic (exact) mass is 497 g/mol. The molecule has 0 spiro atoms. The van der Waals surface area contributed by atoms with E-state index in [4.69, 9.17) is 5.11 Å². The fourth-order valence-corrected chi connectivity index (χ4v) is 3.33. The molecular formula is C19H15BrF3N5O3. The van der Waals surface area contributed by atoms with Gasteiger partial charge in [0.2, 0.25) is 0 Å². The Morgan fingerprint density at radius 1 is 1.16 bits per heavy atom. The van der Waals surface area contributed by atoms with Gasteiger partial charge in [0, 0.05) is 36.3 Å². The van der Waals surface area contributed by atoms with Crippen LogP contribution in [-0.2, 0) is 6.18 Å². The highest BCUT2D eigenvalue weighted by molar-refractivity contribution is 9.10. The van der Waals surface area contributed by atoms with Crippen molar-refractivity contribution in [2.75, 3.05) is 36.4 Å². The summed E-state index contributed by atoms with van der Waals surface area (Å²) in [5.74, 6) is -2.08. The number of carboxylic acid groups (broad SMARTS) is 1. The maximum absolute atomic E-state index is 13.3. The number of pyridine rings is 1. The van der Waals surface area contributed by atoms with Crippen LogP contribution in [0.5, 0.6) is 0 Å². The summed E-state index contributed by atoms with van der Waals surface area (Å²) in [5.41, 5.74) is -2.34. The number of benzene rings is 1. The summed E-state index contributed by atoms with van der Waals surface area (Å²) in [6.07, 6.45) is -5.00. The van der Waals surface area contributed by atoms with Crippen molar-refractivity contribution in [3.8, 4) is 6.07 Å². The van der Waals surface area contributed by atoms with Gasteiger partial charge in [-0.05, 0) is 30.3 Å². The first-order chi connectivity index (χ1) is 14.6. The first kappa shape index (κ1) is 22.4. The zero-order chi connectivity index (χ0) is 22.8. The van der Waals surface area contributed by atoms with Gasteiger partial charge in [0.25, 0.3) is 0 Å². The predicted octanol–water partition coefficient (Wildman–Crippen LogP) is 3.79. The summed E-state index contributed by atoms with van der Waals surface area (Å²) >= 11 is 3.30. The third-order valence-corrected chi connectivity index (χ3v) is 5.11. The molecule has 31 heavy (non-hydrogen) atoms. The minimum absolute atomic E-state index is 0.124. The van der Waals surface area contributed by atoms with E-state index >= 15 is 0 Å². The van der Waals surface area contributed by atoms with Crippen LogP contribution in [0.25, 0.3) is 0 Å². The summed E-state index contributed by atoms with van der Waals surface area (Å²) in [4.78, 5) is 30.0. The number of nitrogens with zero attached hydrogens (tertiary/aromatic N) is 4. The number of anilines is 2. The molecule has 2 aromatic rings. The Bertz CT molecular complexity index is 1050. The van der Waals surface area contributed by atoms with Gasteiger partial charge in [0.15, 0.2) is 5.69 Å². The molecule has 0 saturated carbocycles. The largest absolute Gasteiger partial charge is 0.478 e. The van der Waals surface area contributed by atoms with E-state index in [1.807, 2.05) is 0 Å². The molecule has 1 saturated heterocycles. The minimum atomic E-state index is -5.00. The molecule has 0 unspecified atom stereocenters. The average Bonchev–Trinajstić information content (AvgIpc) is 2.73. The Labute approximate surface area is 183 Å². The lowest BCUT2D eigenvalue weighted by Gasteiger charge is -2.36. The van der Waals surface area contributed by atoms with Gasteiger partial charge in [-0.2, -0.15) is 18.4 Å². The third kappa shape index (κ3) is 5.05. The van der Waals surface area contributed by atoms with Crippen LogP contribution in [0.15, 0.2) is 34.8 Å². The first-order valence-corrected chi connectivity index (χ1v) is 9.71. The van der Waals surface area contributed by atoms with E-state index in [9.17, 15) is 28.0 Å². The number of nitriles is 1. The predicted molar refractivity (Wildman–Crippen MR) is 108 cm³/mol. The van der Waals surface area contributed by atoms with Gasteiger partial charge < -0.3 is 20.2 Å². The number of aromatic carboxylic acids is 1. The number of alkyl halides is 3. The highest BCUT2D eigenvalue weighted by Crippen LogP contribution is 2.34. The SMILES string of the molecule is N#Cc1cc(C(=O)O)c(C(F)(F)F)nc1N1CCN(C(=O)Nc2ccc(Br)cc2)CC1. The van der Waals surface area contributed by atoms with Crippen molar-refractivity contribution in [3.05, 3.63) is 51.6 Å². The van der Waals surface area contributed by atoms with Crippen molar-refractivity contribution in [2.45, 2.75) is 6.18 Å². The molecule has 1 aromatic carbocycles.